The van der Waals surface area contributed by atoms with E-state index in [-0.39, 0.29) is 37.5 Å². The lowest BCUT2D eigenvalue weighted by Crippen LogP contribution is -2.63. The molecule has 5 amide bonds. The summed E-state index contributed by atoms with van der Waals surface area (Å²) >= 11 is 0. The molecule has 1 spiro atoms. The Labute approximate surface area is 288 Å². The van der Waals surface area contributed by atoms with Crippen molar-refractivity contribution in [2.24, 2.45) is 0 Å². The normalized spacial score (nSPS) is 22.9. The van der Waals surface area contributed by atoms with Gasteiger partial charge in [-0.25, -0.2) is 0 Å². The van der Waals surface area contributed by atoms with E-state index in [1.807, 2.05) is 30.3 Å². The molecule has 2 aromatic rings. The summed E-state index contributed by atoms with van der Waals surface area (Å²) in [6.07, 6.45) is 6.97. The van der Waals surface area contributed by atoms with Gasteiger partial charge in [0.25, 0.3) is 5.91 Å². The highest BCUT2D eigenvalue weighted by molar-refractivity contribution is 6.01. The van der Waals surface area contributed by atoms with E-state index in [0.29, 0.717) is 38.1 Å². The van der Waals surface area contributed by atoms with Gasteiger partial charge >= 0.3 is 0 Å². The summed E-state index contributed by atoms with van der Waals surface area (Å²) in [5, 5.41) is 14.5. The van der Waals surface area contributed by atoms with E-state index in [1.165, 1.54) is 6.42 Å². The van der Waals surface area contributed by atoms with Crippen molar-refractivity contribution in [2.75, 3.05) is 39.3 Å². The molecular weight excluding hydrogens is 624 g/mol. The standard InChI is InChI=1S/C37H50N6O6/c44-32-26-30(35(47)39-20-23-43-21-10-3-11-22-43)40-33(45)28-15-6-7-16-31(28)49-24-12-19-38-34(46)29(25-27-13-4-1-5-14-27)41-36(48)37(42-32)17-8-2-9-18-37/h1,4-7,13-16,29-30H,2-3,8-12,17-26H2,(H,38,46)(H,39,47)(H,40,45)(H,41,48)(H,42,44)/t29-,30-/m0/s1. The molecule has 0 aromatic heterocycles. The number of carbonyl (C=O) groups is 5. The van der Waals surface area contributed by atoms with Crippen LogP contribution >= 0.6 is 0 Å². The molecule has 264 valence electrons. The number of benzene rings is 2. The van der Waals surface area contributed by atoms with Crippen LogP contribution < -0.4 is 31.3 Å². The minimum atomic E-state index is -1.25. The second-order valence-corrected chi connectivity index (χ2v) is 13.3. The van der Waals surface area contributed by atoms with Crippen molar-refractivity contribution in [3.63, 3.8) is 0 Å². The molecule has 5 rings (SSSR count). The van der Waals surface area contributed by atoms with Crippen LogP contribution in [0, 0.1) is 0 Å². The first-order valence-electron chi connectivity index (χ1n) is 17.8. The van der Waals surface area contributed by atoms with Crippen LogP contribution in [0.5, 0.6) is 5.75 Å². The van der Waals surface area contributed by atoms with Gasteiger partial charge in [-0.15, -0.1) is 0 Å². The summed E-state index contributed by atoms with van der Waals surface area (Å²) < 4.78 is 5.94. The number of piperidine rings is 1. The molecule has 1 saturated heterocycles. The minimum absolute atomic E-state index is 0.215. The number of carbonyl (C=O) groups excluding carboxylic acids is 5. The SMILES string of the molecule is O=C1C[C@@H](C(=O)NCCN2CCCCC2)NC(=O)c2ccccc2OCCCNC(=O)[C@H](Cc2ccccc2)NC(=O)C2(CCCCC2)N1. The lowest BCUT2D eigenvalue weighted by atomic mass is 9.80. The molecule has 0 bridgehead atoms. The van der Waals surface area contributed by atoms with Crippen molar-refractivity contribution in [3.05, 3.63) is 65.7 Å². The molecule has 12 nitrogen and oxygen atoms in total. The number of amides is 5. The van der Waals surface area contributed by atoms with Crippen LogP contribution in [0.15, 0.2) is 54.6 Å². The van der Waals surface area contributed by atoms with Crippen LogP contribution in [-0.4, -0.2) is 91.4 Å². The van der Waals surface area contributed by atoms with E-state index < -0.39 is 41.3 Å². The monoisotopic (exact) mass is 674 g/mol. The van der Waals surface area contributed by atoms with Crippen LogP contribution in [-0.2, 0) is 25.6 Å². The number of hydrogen-bond acceptors (Lipinski definition) is 7. The van der Waals surface area contributed by atoms with Crippen LogP contribution in [0.3, 0.4) is 0 Å². The van der Waals surface area contributed by atoms with Gasteiger partial charge < -0.3 is 36.2 Å². The van der Waals surface area contributed by atoms with Gasteiger partial charge in [-0.05, 0) is 62.9 Å². The van der Waals surface area contributed by atoms with E-state index in [1.54, 1.807) is 24.3 Å². The van der Waals surface area contributed by atoms with Gasteiger partial charge in [-0.2, -0.15) is 0 Å². The molecule has 2 aliphatic heterocycles. The van der Waals surface area contributed by atoms with Crippen molar-refractivity contribution in [1.29, 1.82) is 0 Å². The molecule has 1 aliphatic carbocycles. The number of para-hydroxylation sites is 1. The van der Waals surface area contributed by atoms with Crippen LogP contribution in [0.4, 0.5) is 0 Å². The number of ether oxygens (including phenoxy) is 1. The third kappa shape index (κ3) is 10.3. The lowest BCUT2D eigenvalue weighted by molar-refractivity contribution is -0.138. The summed E-state index contributed by atoms with van der Waals surface area (Å²) in [5.41, 5.74) is -0.141. The summed E-state index contributed by atoms with van der Waals surface area (Å²) in [6, 6.07) is 14.1. The Morgan fingerprint density at radius 1 is 0.857 bits per heavy atom. The first-order chi connectivity index (χ1) is 23.8. The Hall–Kier alpha value is -4.45. The quantitative estimate of drug-likeness (QED) is 0.315. The fourth-order valence-electron chi connectivity index (χ4n) is 6.88. The zero-order chi connectivity index (χ0) is 34.5. The van der Waals surface area contributed by atoms with Gasteiger partial charge in [0.15, 0.2) is 0 Å². The molecule has 0 unspecified atom stereocenters. The highest BCUT2D eigenvalue weighted by Crippen LogP contribution is 2.29. The number of nitrogens with zero attached hydrogens (tertiary/aromatic N) is 1. The highest BCUT2D eigenvalue weighted by Gasteiger charge is 2.43. The third-order valence-electron chi connectivity index (χ3n) is 9.62. The van der Waals surface area contributed by atoms with E-state index in [9.17, 15) is 24.0 Å². The number of nitrogens with one attached hydrogen (secondary N) is 5. The number of rotatable bonds is 6. The minimum Gasteiger partial charge on any atom is -0.493 e. The summed E-state index contributed by atoms with van der Waals surface area (Å²) in [5.74, 6) is -2.00. The van der Waals surface area contributed by atoms with Crippen molar-refractivity contribution in [1.82, 2.24) is 31.5 Å². The second kappa shape index (κ2) is 17.8. The van der Waals surface area contributed by atoms with Gasteiger partial charge in [-0.1, -0.05) is 68.1 Å². The predicted molar refractivity (Wildman–Crippen MR) is 185 cm³/mol. The van der Waals surface area contributed by atoms with E-state index in [0.717, 1.165) is 50.8 Å². The molecule has 2 atom stereocenters. The Morgan fingerprint density at radius 2 is 1.57 bits per heavy atom. The van der Waals surface area contributed by atoms with Gasteiger partial charge in [0.05, 0.1) is 18.6 Å². The maximum absolute atomic E-state index is 14.1. The fourth-order valence-corrected chi connectivity index (χ4v) is 6.88. The smallest absolute Gasteiger partial charge is 0.255 e. The average molecular weight is 675 g/mol. The fraction of sp³-hybridized carbons (Fsp3) is 0.541. The number of hydrogen-bond donors (Lipinski definition) is 5. The first kappa shape index (κ1) is 35.8. The molecule has 3 aliphatic rings. The second-order valence-electron chi connectivity index (χ2n) is 13.3. The van der Waals surface area contributed by atoms with Crippen LogP contribution in [0.1, 0.15) is 80.1 Å². The van der Waals surface area contributed by atoms with E-state index in [4.69, 9.17) is 4.74 Å². The summed E-state index contributed by atoms with van der Waals surface area (Å²) in [6.45, 7) is 3.52. The van der Waals surface area contributed by atoms with Crippen molar-refractivity contribution < 1.29 is 28.7 Å². The predicted octanol–water partition coefficient (Wildman–Crippen LogP) is 2.22. The molecule has 2 fully saturated rings. The zero-order valence-corrected chi connectivity index (χ0v) is 28.3. The van der Waals surface area contributed by atoms with Gasteiger partial charge in [0.1, 0.15) is 23.4 Å². The topological polar surface area (TPSA) is 158 Å². The van der Waals surface area contributed by atoms with Gasteiger partial charge in [0.2, 0.25) is 23.6 Å². The largest absolute Gasteiger partial charge is 0.493 e. The molecule has 2 aromatic carbocycles. The lowest BCUT2D eigenvalue weighted by Gasteiger charge is -2.38. The highest BCUT2D eigenvalue weighted by atomic mass is 16.5. The number of fused-ring (bicyclic) bond motifs is 1. The van der Waals surface area contributed by atoms with E-state index in [2.05, 4.69) is 31.5 Å². The Bertz CT molecular complexity index is 1440. The number of likely N-dealkylation sites (tertiary alicyclic amines) is 1. The van der Waals surface area contributed by atoms with Crippen LogP contribution in [0.25, 0.3) is 0 Å². The van der Waals surface area contributed by atoms with Gasteiger partial charge in [0, 0.05) is 26.1 Å². The summed E-state index contributed by atoms with van der Waals surface area (Å²) in [4.78, 5) is 70.8. The third-order valence-corrected chi connectivity index (χ3v) is 9.62. The molecule has 12 heteroatoms. The summed E-state index contributed by atoms with van der Waals surface area (Å²) in [7, 11) is 0. The molecular formula is C37H50N6O6. The first-order valence-corrected chi connectivity index (χ1v) is 17.8. The Kier molecular flexibility index (Phi) is 13.0. The van der Waals surface area contributed by atoms with Crippen LogP contribution in [0.2, 0.25) is 0 Å². The zero-order valence-electron chi connectivity index (χ0n) is 28.3. The Balaban J connectivity index is 1.39. The van der Waals surface area contributed by atoms with Crippen molar-refractivity contribution in [3.8, 4) is 5.75 Å². The molecule has 2 heterocycles. The van der Waals surface area contributed by atoms with Gasteiger partial charge in [-0.3, -0.25) is 24.0 Å². The maximum atomic E-state index is 14.1. The molecule has 5 N–H and O–H groups in total. The molecule has 1 saturated carbocycles. The Morgan fingerprint density at radius 3 is 2.35 bits per heavy atom. The molecule has 0 radical (unpaired) electrons. The molecule has 49 heavy (non-hydrogen) atoms. The van der Waals surface area contributed by atoms with Crippen molar-refractivity contribution in [2.45, 2.75) is 88.3 Å². The van der Waals surface area contributed by atoms with E-state index >= 15 is 0 Å². The van der Waals surface area contributed by atoms with Crippen molar-refractivity contribution >= 4 is 29.5 Å². The average Bonchev–Trinajstić information content (AvgIpc) is 3.11. The maximum Gasteiger partial charge on any atom is 0.255 e.